The van der Waals surface area contributed by atoms with Crippen molar-refractivity contribution >= 4 is 0 Å². The van der Waals surface area contributed by atoms with E-state index in [4.69, 9.17) is 26.8 Å². The fourth-order valence-electron chi connectivity index (χ4n) is 1.21. The minimum atomic E-state index is -1.75. The second kappa shape index (κ2) is 7.21. The van der Waals surface area contributed by atoms with E-state index in [0.717, 1.165) is 12.8 Å². The molecule has 0 atom stereocenters. The van der Waals surface area contributed by atoms with Gasteiger partial charge in [0.25, 0.3) is 0 Å². The van der Waals surface area contributed by atoms with Crippen LogP contribution in [0.2, 0.25) is 0 Å². The van der Waals surface area contributed by atoms with Crippen LogP contribution < -0.4 is 11.5 Å². The Morgan fingerprint density at radius 3 is 1.54 bits per heavy atom. The SMILES string of the molecule is NC1(N)CCCCC1.O=[N+]([O-])[O-].[Pd]. The first-order valence-electron chi connectivity index (χ1n) is 3.83. The van der Waals surface area contributed by atoms with E-state index in [2.05, 4.69) is 0 Å². The maximum Gasteiger partial charge on any atom is 0.0689 e. The maximum atomic E-state index is 8.25. The van der Waals surface area contributed by atoms with Crippen molar-refractivity contribution in [1.29, 1.82) is 0 Å². The summed E-state index contributed by atoms with van der Waals surface area (Å²) in [4.78, 5) is 8.25. The summed E-state index contributed by atoms with van der Waals surface area (Å²) in [6.07, 6.45) is 5.76. The molecule has 0 spiro atoms. The molecule has 0 amide bonds. The zero-order valence-corrected chi connectivity index (χ0v) is 8.73. The van der Waals surface area contributed by atoms with Gasteiger partial charge in [-0.3, -0.25) is 0 Å². The van der Waals surface area contributed by atoms with Gasteiger partial charge in [0.15, 0.2) is 0 Å². The van der Waals surface area contributed by atoms with Crippen LogP contribution in [0.4, 0.5) is 0 Å². The van der Waals surface area contributed by atoms with Crippen LogP contribution in [0.25, 0.3) is 0 Å². The van der Waals surface area contributed by atoms with Crippen molar-refractivity contribution in [2.45, 2.75) is 37.8 Å². The van der Waals surface area contributed by atoms with Crippen molar-refractivity contribution in [3.05, 3.63) is 15.3 Å². The van der Waals surface area contributed by atoms with Crippen LogP contribution in [0.5, 0.6) is 0 Å². The second-order valence-corrected chi connectivity index (χ2v) is 3.02. The van der Waals surface area contributed by atoms with Crippen molar-refractivity contribution < 1.29 is 25.5 Å². The van der Waals surface area contributed by atoms with Gasteiger partial charge < -0.3 is 26.8 Å². The third kappa shape index (κ3) is 11.8. The first-order valence-corrected chi connectivity index (χ1v) is 3.83. The van der Waals surface area contributed by atoms with Crippen LogP contribution in [0, 0.1) is 15.3 Å². The van der Waals surface area contributed by atoms with E-state index >= 15 is 0 Å². The van der Waals surface area contributed by atoms with Crippen LogP contribution >= 0.6 is 0 Å². The number of hydrogen-bond acceptors (Lipinski definition) is 5. The zero-order valence-electron chi connectivity index (χ0n) is 7.18. The van der Waals surface area contributed by atoms with Gasteiger partial charge >= 0.3 is 0 Å². The summed E-state index contributed by atoms with van der Waals surface area (Å²) in [5, 5.41) is 14.8. The molecular formula is C6H14N3O3Pd-. The van der Waals surface area contributed by atoms with E-state index in [-0.39, 0.29) is 26.1 Å². The largest absolute Gasteiger partial charge is 0.356 e. The molecule has 7 heteroatoms. The molecule has 13 heavy (non-hydrogen) atoms. The molecule has 0 aliphatic heterocycles. The Labute approximate surface area is 90.4 Å². The fraction of sp³-hybridized carbons (Fsp3) is 1.00. The quantitative estimate of drug-likeness (QED) is 0.287. The van der Waals surface area contributed by atoms with E-state index in [1.807, 2.05) is 0 Å². The van der Waals surface area contributed by atoms with Crippen molar-refractivity contribution in [2.75, 3.05) is 0 Å². The first kappa shape index (κ1) is 15.3. The van der Waals surface area contributed by atoms with Gasteiger partial charge in [0.2, 0.25) is 0 Å². The Kier molecular flexibility index (Phi) is 8.47. The van der Waals surface area contributed by atoms with Crippen molar-refractivity contribution in [1.82, 2.24) is 0 Å². The Bertz CT molecular complexity index is 142. The molecule has 1 aliphatic rings. The molecule has 0 aromatic rings. The standard InChI is InChI=1S/C6H14N2.NO3.Pd/c7-6(8)4-2-1-3-5-6;2-1(3)4;/h1-5,7-8H2;;/q;-1;. The Morgan fingerprint density at radius 2 is 1.38 bits per heavy atom. The smallest absolute Gasteiger partial charge is 0.0689 e. The van der Waals surface area contributed by atoms with Gasteiger partial charge in [-0.05, 0) is 12.8 Å². The molecule has 0 bridgehead atoms. The number of nitrogens with zero attached hydrogens (tertiary/aromatic N) is 1. The van der Waals surface area contributed by atoms with E-state index in [1.54, 1.807) is 0 Å². The molecule has 1 rings (SSSR count). The third-order valence-corrected chi connectivity index (χ3v) is 1.78. The average molecular weight is 283 g/mol. The summed E-state index contributed by atoms with van der Waals surface area (Å²) in [5.41, 5.74) is 11.0. The molecule has 82 valence electrons. The molecule has 1 aliphatic carbocycles. The summed E-state index contributed by atoms with van der Waals surface area (Å²) in [5.74, 6) is 0. The topological polar surface area (TPSA) is 118 Å². The van der Waals surface area contributed by atoms with Crippen LogP contribution in [-0.4, -0.2) is 10.7 Å². The monoisotopic (exact) mass is 282 g/mol. The van der Waals surface area contributed by atoms with Crippen molar-refractivity contribution in [2.24, 2.45) is 11.5 Å². The predicted molar refractivity (Wildman–Crippen MR) is 44.6 cm³/mol. The molecule has 0 saturated heterocycles. The van der Waals surface area contributed by atoms with Gasteiger partial charge in [0.05, 0.1) is 10.7 Å². The third-order valence-electron chi connectivity index (χ3n) is 1.78. The van der Waals surface area contributed by atoms with E-state index in [0.29, 0.717) is 0 Å². The van der Waals surface area contributed by atoms with E-state index < -0.39 is 5.09 Å². The maximum absolute atomic E-state index is 8.25. The Balaban J connectivity index is 0. The molecule has 0 heterocycles. The Hall–Kier alpha value is -0.218. The van der Waals surface area contributed by atoms with Crippen molar-refractivity contribution in [3.63, 3.8) is 0 Å². The number of hydrogen-bond donors (Lipinski definition) is 2. The molecular weight excluding hydrogens is 269 g/mol. The molecule has 4 N–H and O–H groups in total. The first-order chi connectivity index (χ1) is 5.44. The minimum absolute atomic E-state index is 0. The predicted octanol–water partition coefficient (Wildman–Crippen LogP) is 0.323. The zero-order chi connectivity index (χ0) is 9.61. The van der Waals surface area contributed by atoms with Gasteiger partial charge in [0, 0.05) is 20.4 Å². The van der Waals surface area contributed by atoms with Gasteiger partial charge in [-0.2, -0.15) is 0 Å². The fourth-order valence-corrected chi connectivity index (χ4v) is 1.21. The van der Waals surface area contributed by atoms with Gasteiger partial charge in [-0.15, -0.1) is 0 Å². The van der Waals surface area contributed by atoms with Crippen molar-refractivity contribution in [3.8, 4) is 0 Å². The summed E-state index contributed by atoms with van der Waals surface area (Å²) in [7, 11) is 0. The molecule has 0 radical (unpaired) electrons. The van der Waals surface area contributed by atoms with Crippen LogP contribution in [0.1, 0.15) is 32.1 Å². The van der Waals surface area contributed by atoms with Gasteiger partial charge in [0.1, 0.15) is 0 Å². The summed E-state index contributed by atoms with van der Waals surface area (Å²) >= 11 is 0. The molecule has 6 nitrogen and oxygen atoms in total. The van der Waals surface area contributed by atoms with E-state index in [9.17, 15) is 0 Å². The summed E-state index contributed by atoms with van der Waals surface area (Å²) < 4.78 is 0. The minimum Gasteiger partial charge on any atom is -0.356 e. The average Bonchev–Trinajstić information content (AvgIpc) is 1.85. The normalized spacial score (nSPS) is 18.9. The second-order valence-electron chi connectivity index (χ2n) is 3.02. The van der Waals surface area contributed by atoms with E-state index in [1.165, 1.54) is 19.3 Å². The van der Waals surface area contributed by atoms with Gasteiger partial charge in [-0.25, -0.2) is 0 Å². The number of rotatable bonds is 0. The molecule has 1 fully saturated rings. The molecule has 1 saturated carbocycles. The molecule has 0 aromatic heterocycles. The Morgan fingerprint density at radius 1 is 1.08 bits per heavy atom. The number of nitrogens with two attached hydrogens (primary N) is 2. The summed E-state index contributed by atoms with van der Waals surface area (Å²) in [6, 6.07) is 0. The summed E-state index contributed by atoms with van der Waals surface area (Å²) in [6.45, 7) is 0. The van der Waals surface area contributed by atoms with Crippen LogP contribution in [0.3, 0.4) is 0 Å². The molecule has 0 unspecified atom stereocenters. The van der Waals surface area contributed by atoms with Crippen LogP contribution in [0.15, 0.2) is 0 Å². The van der Waals surface area contributed by atoms with Crippen LogP contribution in [-0.2, 0) is 20.4 Å². The molecule has 0 aromatic carbocycles. The van der Waals surface area contributed by atoms with Gasteiger partial charge in [-0.1, -0.05) is 19.3 Å².